The molecule has 2 heterocycles. The summed E-state index contributed by atoms with van der Waals surface area (Å²) in [5, 5.41) is 4.36. The van der Waals surface area contributed by atoms with E-state index in [1.807, 2.05) is 6.92 Å². The number of carbonyl (C=O) groups excluding carboxylic acids is 1. The maximum atomic E-state index is 14.1. The normalized spacial score (nSPS) is 13.7. The monoisotopic (exact) mass is 369 g/mol. The molecule has 5 nitrogen and oxygen atoms in total. The maximum Gasteiger partial charge on any atom is 0.274 e. The molecule has 0 spiro atoms. The largest absolute Gasteiger partial charge is 0.491 e. The molecule has 1 amide bonds. The Morgan fingerprint density at radius 1 is 1.15 bits per heavy atom. The summed E-state index contributed by atoms with van der Waals surface area (Å²) in [6.45, 7) is 2.53. The Hall–Kier alpha value is -3.22. The van der Waals surface area contributed by atoms with Crippen LogP contribution in [0.2, 0.25) is 0 Å². The molecule has 0 N–H and O–H groups in total. The van der Waals surface area contributed by atoms with E-state index in [9.17, 15) is 13.6 Å². The minimum atomic E-state index is -0.403. The van der Waals surface area contributed by atoms with E-state index in [2.05, 4.69) is 5.10 Å². The number of rotatable bonds is 2. The first-order valence-corrected chi connectivity index (χ1v) is 8.55. The van der Waals surface area contributed by atoms with E-state index < -0.39 is 5.82 Å². The lowest BCUT2D eigenvalue weighted by Crippen LogP contribution is -2.33. The number of nitrogens with zero attached hydrogens (tertiary/aromatic N) is 3. The van der Waals surface area contributed by atoms with Gasteiger partial charge in [-0.25, -0.2) is 13.5 Å². The van der Waals surface area contributed by atoms with Crippen LogP contribution in [0.3, 0.4) is 0 Å². The van der Waals surface area contributed by atoms with Crippen LogP contribution in [0, 0.1) is 18.6 Å². The standard InChI is InChI=1S/C20H17F2N3O2/c1-13-11-18(23-25(13)15-7-5-14(21)6-8-15)20(26)24-9-10-27-19-4-2-3-17(22)16(19)12-24/h2-8,11H,9-10,12H2,1H3. The Kier molecular flexibility index (Phi) is 4.35. The van der Waals surface area contributed by atoms with Gasteiger partial charge in [-0.1, -0.05) is 6.07 Å². The average molecular weight is 369 g/mol. The number of aryl methyl sites for hydroxylation is 1. The highest BCUT2D eigenvalue weighted by Crippen LogP contribution is 2.26. The Morgan fingerprint density at radius 2 is 1.93 bits per heavy atom. The van der Waals surface area contributed by atoms with E-state index >= 15 is 0 Å². The van der Waals surface area contributed by atoms with Gasteiger partial charge in [0.1, 0.15) is 24.0 Å². The Labute approximate surface area is 154 Å². The zero-order valence-electron chi connectivity index (χ0n) is 14.7. The lowest BCUT2D eigenvalue weighted by Gasteiger charge is -2.18. The molecule has 138 valence electrons. The molecule has 0 atom stereocenters. The van der Waals surface area contributed by atoms with E-state index in [-0.39, 0.29) is 30.6 Å². The molecule has 1 aliphatic heterocycles. The second kappa shape index (κ2) is 6.83. The smallest absolute Gasteiger partial charge is 0.274 e. The molecule has 7 heteroatoms. The average Bonchev–Trinajstić information content (AvgIpc) is 2.91. The van der Waals surface area contributed by atoms with E-state index in [1.54, 1.807) is 35.0 Å². The summed E-state index contributed by atoms with van der Waals surface area (Å²) in [5.41, 5.74) is 2.00. The van der Waals surface area contributed by atoms with Crippen LogP contribution in [-0.4, -0.2) is 33.7 Å². The summed E-state index contributed by atoms with van der Waals surface area (Å²) in [4.78, 5) is 14.5. The molecule has 1 aliphatic rings. The van der Waals surface area contributed by atoms with Gasteiger partial charge in [-0.05, 0) is 49.4 Å². The van der Waals surface area contributed by atoms with E-state index in [0.717, 1.165) is 5.69 Å². The molecule has 0 fully saturated rings. The third-order valence-corrected chi connectivity index (χ3v) is 4.51. The summed E-state index contributed by atoms with van der Waals surface area (Å²) >= 11 is 0. The van der Waals surface area contributed by atoms with Gasteiger partial charge >= 0.3 is 0 Å². The predicted octanol–water partition coefficient (Wildman–Crippen LogP) is 3.49. The van der Waals surface area contributed by atoms with Gasteiger partial charge in [0.2, 0.25) is 0 Å². The molecule has 0 bridgehead atoms. The number of halogens is 2. The molecule has 0 saturated carbocycles. The highest BCUT2D eigenvalue weighted by molar-refractivity contribution is 5.92. The number of hydrogen-bond acceptors (Lipinski definition) is 3. The number of amides is 1. The van der Waals surface area contributed by atoms with Gasteiger partial charge in [0.05, 0.1) is 18.8 Å². The van der Waals surface area contributed by atoms with Crippen molar-refractivity contribution in [3.63, 3.8) is 0 Å². The van der Waals surface area contributed by atoms with Gasteiger partial charge in [-0.3, -0.25) is 4.79 Å². The fourth-order valence-electron chi connectivity index (χ4n) is 3.12. The molecule has 27 heavy (non-hydrogen) atoms. The van der Waals surface area contributed by atoms with Gasteiger partial charge in [0, 0.05) is 11.3 Å². The van der Waals surface area contributed by atoms with Crippen molar-refractivity contribution >= 4 is 5.91 Å². The minimum absolute atomic E-state index is 0.114. The number of fused-ring (bicyclic) bond motifs is 1. The summed E-state index contributed by atoms with van der Waals surface area (Å²) < 4.78 is 34.4. The summed E-state index contributed by atoms with van der Waals surface area (Å²) in [6.07, 6.45) is 0. The van der Waals surface area contributed by atoms with Crippen LogP contribution in [0.4, 0.5) is 8.78 Å². The Bertz CT molecular complexity index is 999. The SMILES string of the molecule is Cc1cc(C(=O)N2CCOc3cccc(F)c3C2)nn1-c1ccc(F)cc1. The Balaban J connectivity index is 1.62. The number of benzene rings is 2. The summed E-state index contributed by atoms with van der Waals surface area (Å²) in [5.74, 6) is -0.595. The second-order valence-corrected chi connectivity index (χ2v) is 6.35. The molecule has 4 rings (SSSR count). The van der Waals surface area contributed by atoms with Crippen molar-refractivity contribution in [2.75, 3.05) is 13.2 Å². The van der Waals surface area contributed by atoms with E-state index in [4.69, 9.17) is 4.74 Å². The molecular weight excluding hydrogens is 352 g/mol. The molecule has 0 radical (unpaired) electrons. The van der Waals surface area contributed by atoms with E-state index in [1.165, 1.54) is 23.1 Å². The fraction of sp³-hybridized carbons (Fsp3) is 0.200. The molecule has 0 aliphatic carbocycles. The summed E-state index contributed by atoms with van der Waals surface area (Å²) in [6, 6.07) is 12.2. The van der Waals surface area contributed by atoms with Crippen molar-refractivity contribution in [2.45, 2.75) is 13.5 Å². The quantitative estimate of drug-likeness (QED) is 0.695. The highest BCUT2D eigenvalue weighted by Gasteiger charge is 2.25. The third kappa shape index (κ3) is 3.28. The van der Waals surface area contributed by atoms with Gasteiger partial charge in [-0.15, -0.1) is 0 Å². The van der Waals surface area contributed by atoms with Gasteiger partial charge in [0.25, 0.3) is 5.91 Å². The fourth-order valence-corrected chi connectivity index (χ4v) is 3.12. The van der Waals surface area contributed by atoms with Crippen LogP contribution >= 0.6 is 0 Å². The molecule has 0 unspecified atom stereocenters. The number of aromatic nitrogens is 2. The number of carbonyl (C=O) groups is 1. The summed E-state index contributed by atoms with van der Waals surface area (Å²) in [7, 11) is 0. The van der Waals surface area contributed by atoms with Crippen molar-refractivity contribution in [2.24, 2.45) is 0 Å². The number of hydrogen-bond donors (Lipinski definition) is 0. The van der Waals surface area contributed by atoms with Gasteiger partial charge in [-0.2, -0.15) is 5.10 Å². The van der Waals surface area contributed by atoms with Crippen molar-refractivity contribution < 1.29 is 18.3 Å². The number of ether oxygens (including phenoxy) is 1. The minimum Gasteiger partial charge on any atom is -0.491 e. The van der Waals surface area contributed by atoms with Crippen LogP contribution < -0.4 is 4.74 Å². The van der Waals surface area contributed by atoms with Crippen LogP contribution in [0.15, 0.2) is 48.5 Å². The van der Waals surface area contributed by atoms with Gasteiger partial charge in [0.15, 0.2) is 5.69 Å². The molecule has 3 aromatic rings. The lowest BCUT2D eigenvalue weighted by molar-refractivity contribution is 0.0726. The van der Waals surface area contributed by atoms with Crippen LogP contribution in [0.25, 0.3) is 5.69 Å². The van der Waals surface area contributed by atoms with Crippen molar-refractivity contribution in [3.05, 3.63) is 77.1 Å². The van der Waals surface area contributed by atoms with Crippen LogP contribution in [0.5, 0.6) is 5.75 Å². The molecule has 2 aromatic carbocycles. The Morgan fingerprint density at radius 3 is 2.70 bits per heavy atom. The van der Waals surface area contributed by atoms with Crippen molar-refractivity contribution in [3.8, 4) is 11.4 Å². The van der Waals surface area contributed by atoms with Gasteiger partial charge < -0.3 is 9.64 Å². The first kappa shape index (κ1) is 17.2. The zero-order valence-corrected chi connectivity index (χ0v) is 14.7. The van der Waals surface area contributed by atoms with Crippen molar-refractivity contribution in [1.82, 2.24) is 14.7 Å². The highest BCUT2D eigenvalue weighted by atomic mass is 19.1. The third-order valence-electron chi connectivity index (χ3n) is 4.51. The van der Waals surface area contributed by atoms with Crippen LogP contribution in [-0.2, 0) is 6.54 Å². The molecular formula is C20H17F2N3O2. The first-order valence-electron chi connectivity index (χ1n) is 8.55. The van der Waals surface area contributed by atoms with Crippen molar-refractivity contribution in [1.29, 1.82) is 0 Å². The maximum absolute atomic E-state index is 14.1. The molecule has 0 saturated heterocycles. The predicted molar refractivity (Wildman–Crippen MR) is 94.9 cm³/mol. The first-order chi connectivity index (χ1) is 13.0. The second-order valence-electron chi connectivity index (χ2n) is 6.35. The topological polar surface area (TPSA) is 47.4 Å². The molecule has 1 aromatic heterocycles. The van der Waals surface area contributed by atoms with E-state index in [0.29, 0.717) is 23.5 Å². The van der Waals surface area contributed by atoms with Crippen LogP contribution in [0.1, 0.15) is 21.7 Å². The zero-order chi connectivity index (χ0) is 19.0. The lowest BCUT2D eigenvalue weighted by atomic mass is 10.1.